The summed E-state index contributed by atoms with van der Waals surface area (Å²) in [6.45, 7) is 1.79. The molecule has 0 saturated carbocycles. The largest absolute Gasteiger partial charge is 0.496 e. The van der Waals surface area contributed by atoms with Crippen LogP contribution >= 0.6 is 15.9 Å². The average Bonchev–Trinajstić information content (AvgIpc) is 2.43. The van der Waals surface area contributed by atoms with E-state index >= 15 is 0 Å². The monoisotopic (exact) mass is 379 g/mol. The third kappa shape index (κ3) is 5.29. The molecule has 0 aliphatic carbocycles. The topological polar surface area (TPSA) is 92.7 Å². The van der Waals surface area contributed by atoms with Gasteiger partial charge in [0, 0.05) is 6.54 Å². The lowest BCUT2D eigenvalue weighted by molar-refractivity contribution is -0.141. The van der Waals surface area contributed by atoms with E-state index in [-0.39, 0.29) is 11.4 Å². The van der Waals surface area contributed by atoms with Crippen LogP contribution in [0.4, 0.5) is 0 Å². The first kappa shape index (κ1) is 17.9. The molecule has 2 N–H and O–H groups in total. The van der Waals surface area contributed by atoms with Crippen molar-refractivity contribution in [3.05, 3.63) is 22.7 Å². The standard InChI is InChI=1S/C13H18BrNO5S/c1-9(13(16)17)4-3-7-15-21(18,19)10-5-6-12(20-2)11(14)8-10/h5-6,8-9,15H,3-4,7H2,1-2H3,(H,16,17). The minimum atomic E-state index is -3.61. The Morgan fingerprint density at radius 2 is 2.14 bits per heavy atom. The zero-order chi connectivity index (χ0) is 16.0. The number of carbonyl (C=O) groups is 1. The van der Waals surface area contributed by atoms with E-state index in [2.05, 4.69) is 20.7 Å². The highest BCUT2D eigenvalue weighted by Gasteiger charge is 2.16. The normalized spacial score (nSPS) is 12.9. The summed E-state index contributed by atoms with van der Waals surface area (Å²) in [6, 6.07) is 4.47. The first-order valence-electron chi connectivity index (χ1n) is 6.34. The smallest absolute Gasteiger partial charge is 0.306 e. The Kier molecular flexibility index (Phi) is 6.63. The Balaban J connectivity index is 2.62. The Morgan fingerprint density at radius 1 is 1.48 bits per heavy atom. The molecule has 1 rings (SSSR count). The number of nitrogens with one attached hydrogen (secondary N) is 1. The number of halogens is 1. The van der Waals surface area contributed by atoms with Gasteiger partial charge in [0.2, 0.25) is 10.0 Å². The minimum absolute atomic E-state index is 0.126. The molecule has 0 bridgehead atoms. The van der Waals surface area contributed by atoms with Crippen LogP contribution in [0.2, 0.25) is 0 Å². The van der Waals surface area contributed by atoms with Gasteiger partial charge in [0.15, 0.2) is 0 Å². The fourth-order valence-corrected chi connectivity index (χ4v) is 3.43. The number of ether oxygens (including phenoxy) is 1. The van der Waals surface area contributed by atoms with Gasteiger partial charge in [0.1, 0.15) is 5.75 Å². The van der Waals surface area contributed by atoms with Crippen LogP contribution in [0.3, 0.4) is 0 Å². The minimum Gasteiger partial charge on any atom is -0.496 e. The molecule has 0 spiro atoms. The van der Waals surface area contributed by atoms with E-state index in [0.717, 1.165) is 0 Å². The molecule has 21 heavy (non-hydrogen) atoms. The van der Waals surface area contributed by atoms with Crippen LogP contribution in [0.15, 0.2) is 27.6 Å². The number of aliphatic carboxylic acids is 1. The molecule has 6 nitrogen and oxygen atoms in total. The first-order chi connectivity index (χ1) is 9.77. The molecular formula is C13H18BrNO5S. The Bertz CT molecular complexity index is 603. The van der Waals surface area contributed by atoms with E-state index in [9.17, 15) is 13.2 Å². The van der Waals surface area contributed by atoms with Gasteiger partial charge >= 0.3 is 5.97 Å². The van der Waals surface area contributed by atoms with Gasteiger partial charge in [-0.15, -0.1) is 0 Å². The van der Waals surface area contributed by atoms with Gasteiger partial charge in [-0.05, 0) is 47.0 Å². The fourth-order valence-electron chi connectivity index (χ4n) is 1.64. The summed E-state index contributed by atoms with van der Waals surface area (Å²) in [5, 5.41) is 8.74. The highest BCUT2D eigenvalue weighted by atomic mass is 79.9. The highest BCUT2D eigenvalue weighted by molar-refractivity contribution is 9.10. The van der Waals surface area contributed by atoms with Crippen molar-refractivity contribution in [2.75, 3.05) is 13.7 Å². The fraction of sp³-hybridized carbons (Fsp3) is 0.462. The molecule has 0 radical (unpaired) electrons. The maximum Gasteiger partial charge on any atom is 0.306 e. The lowest BCUT2D eigenvalue weighted by Crippen LogP contribution is -2.25. The second kappa shape index (κ2) is 7.77. The third-order valence-electron chi connectivity index (χ3n) is 2.96. The van der Waals surface area contributed by atoms with Crippen molar-refractivity contribution in [2.24, 2.45) is 5.92 Å². The summed E-state index contributed by atoms with van der Waals surface area (Å²) < 4.78 is 32.2. The summed E-state index contributed by atoms with van der Waals surface area (Å²) in [7, 11) is -2.11. The number of benzene rings is 1. The maximum atomic E-state index is 12.1. The number of hydrogen-bond donors (Lipinski definition) is 2. The van der Waals surface area contributed by atoms with Gasteiger partial charge < -0.3 is 9.84 Å². The van der Waals surface area contributed by atoms with E-state index in [1.54, 1.807) is 13.0 Å². The summed E-state index contributed by atoms with van der Waals surface area (Å²) >= 11 is 3.23. The van der Waals surface area contributed by atoms with Crippen molar-refractivity contribution < 1.29 is 23.1 Å². The van der Waals surface area contributed by atoms with Crippen LogP contribution in [-0.2, 0) is 14.8 Å². The lowest BCUT2D eigenvalue weighted by atomic mass is 10.1. The van der Waals surface area contributed by atoms with Crippen molar-refractivity contribution in [3.63, 3.8) is 0 Å². The van der Waals surface area contributed by atoms with E-state index in [1.165, 1.54) is 19.2 Å². The molecule has 1 atom stereocenters. The number of sulfonamides is 1. The molecule has 0 aliphatic heterocycles. The van der Waals surface area contributed by atoms with Crippen molar-refractivity contribution in [1.29, 1.82) is 0 Å². The summed E-state index contributed by atoms with van der Waals surface area (Å²) in [5.74, 6) is -0.814. The zero-order valence-corrected chi connectivity index (χ0v) is 14.2. The maximum absolute atomic E-state index is 12.1. The Labute approximate surface area is 132 Å². The van der Waals surface area contributed by atoms with Gasteiger partial charge in [-0.1, -0.05) is 6.92 Å². The number of rotatable bonds is 8. The van der Waals surface area contributed by atoms with Crippen molar-refractivity contribution in [3.8, 4) is 5.75 Å². The van der Waals surface area contributed by atoms with Gasteiger partial charge in [-0.2, -0.15) is 0 Å². The summed E-state index contributed by atoms with van der Waals surface area (Å²) in [5.41, 5.74) is 0. The third-order valence-corrected chi connectivity index (χ3v) is 5.04. The molecule has 0 heterocycles. The second-order valence-electron chi connectivity index (χ2n) is 4.58. The van der Waals surface area contributed by atoms with Gasteiger partial charge in [0.25, 0.3) is 0 Å². The second-order valence-corrected chi connectivity index (χ2v) is 7.20. The SMILES string of the molecule is COc1ccc(S(=O)(=O)NCCCC(C)C(=O)O)cc1Br. The highest BCUT2D eigenvalue weighted by Crippen LogP contribution is 2.27. The van der Waals surface area contributed by atoms with Crippen molar-refractivity contribution >= 4 is 31.9 Å². The molecule has 0 fully saturated rings. The van der Waals surface area contributed by atoms with Crippen molar-refractivity contribution in [1.82, 2.24) is 4.72 Å². The molecule has 118 valence electrons. The lowest BCUT2D eigenvalue weighted by Gasteiger charge is -2.10. The quantitative estimate of drug-likeness (QED) is 0.675. The predicted octanol–water partition coefficient (Wildman–Crippen LogP) is 2.24. The summed E-state index contributed by atoms with van der Waals surface area (Å²) in [4.78, 5) is 10.8. The first-order valence-corrected chi connectivity index (χ1v) is 8.61. The van der Waals surface area contributed by atoms with Crippen LogP contribution in [0.25, 0.3) is 0 Å². The van der Waals surface area contributed by atoms with E-state index < -0.39 is 21.9 Å². The van der Waals surface area contributed by atoms with Crippen LogP contribution in [-0.4, -0.2) is 33.1 Å². The number of carboxylic acids is 1. The van der Waals surface area contributed by atoms with Gasteiger partial charge in [-0.25, -0.2) is 13.1 Å². The Morgan fingerprint density at radius 3 is 2.67 bits per heavy atom. The number of hydrogen-bond acceptors (Lipinski definition) is 4. The summed E-state index contributed by atoms with van der Waals surface area (Å²) in [6.07, 6.45) is 0.883. The molecule has 1 aromatic carbocycles. The molecule has 0 saturated heterocycles. The molecule has 0 aliphatic rings. The van der Waals surface area contributed by atoms with E-state index in [0.29, 0.717) is 23.1 Å². The number of methoxy groups -OCH3 is 1. The average molecular weight is 380 g/mol. The van der Waals surface area contributed by atoms with Gasteiger partial charge in [0.05, 0.1) is 22.4 Å². The number of carboxylic acid groups (broad SMARTS) is 1. The molecule has 8 heteroatoms. The molecule has 1 aromatic rings. The zero-order valence-electron chi connectivity index (χ0n) is 11.8. The van der Waals surface area contributed by atoms with Crippen molar-refractivity contribution in [2.45, 2.75) is 24.7 Å². The van der Waals surface area contributed by atoms with E-state index in [1.807, 2.05) is 0 Å². The molecule has 0 amide bonds. The molecular weight excluding hydrogens is 362 g/mol. The van der Waals surface area contributed by atoms with Crippen LogP contribution in [0.5, 0.6) is 5.75 Å². The molecule has 1 unspecified atom stereocenters. The van der Waals surface area contributed by atoms with Crippen LogP contribution < -0.4 is 9.46 Å². The Hall–Kier alpha value is -1.12. The predicted molar refractivity (Wildman–Crippen MR) is 81.9 cm³/mol. The van der Waals surface area contributed by atoms with E-state index in [4.69, 9.17) is 9.84 Å². The van der Waals surface area contributed by atoms with Crippen LogP contribution in [0.1, 0.15) is 19.8 Å². The van der Waals surface area contributed by atoms with Gasteiger partial charge in [-0.3, -0.25) is 4.79 Å². The van der Waals surface area contributed by atoms with Crippen LogP contribution in [0, 0.1) is 5.92 Å². The molecule has 0 aromatic heterocycles.